The van der Waals surface area contributed by atoms with Gasteiger partial charge in [0.2, 0.25) is 0 Å². The van der Waals surface area contributed by atoms with Crippen molar-refractivity contribution in [2.45, 2.75) is 52.1 Å². The van der Waals surface area contributed by atoms with Gasteiger partial charge in [0, 0.05) is 36.3 Å². The fourth-order valence-corrected chi connectivity index (χ4v) is 4.76. The lowest BCUT2D eigenvalue weighted by Gasteiger charge is -2.44. The number of H-pyrrole nitrogens is 1. The summed E-state index contributed by atoms with van der Waals surface area (Å²) in [6.07, 6.45) is 0.904. The molecule has 1 fully saturated rings. The second-order valence-electron chi connectivity index (χ2n) is 9.14. The largest absolute Gasteiger partial charge is 0.481 e. The van der Waals surface area contributed by atoms with Crippen molar-refractivity contribution < 1.29 is 23.1 Å². The number of nitrogens with zero attached hydrogens (tertiary/aromatic N) is 3. The van der Waals surface area contributed by atoms with E-state index < -0.39 is 28.8 Å². The summed E-state index contributed by atoms with van der Waals surface area (Å²) in [5.41, 5.74) is -0.394. The lowest BCUT2D eigenvalue weighted by Crippen LogP contribution is -2.50. The Balaban J connectivity index is 1.55. The number of anilines is 2. The zero-order valence-corrected chi connectivity index (χ0v) is 19.6. The third-order valence-electron chi connectivity index (χ3n) is 6.75. The molecular weight excluding hydrogens is 459 g/mol. The number of hydrogen-bond acceptors (Lipinski definition) is 5. The summed E-state index contributed by atoms with van der Waals surface area (Å²) < 4.78 is 43.2. The van der Waals surface area contributed by atoms with E-state index in [4.69, 9.17) is 0 Å². The maximum atomic E-state index is 14.7. The van der Waals surface area contributed by atoms with Crippen molar-refractivity contribution in [2.75, 3.05) is 11.9 Å². The maximum Gasteiger partial charge on any atom is 0.310 e. The van der Waals surface area contributed by atoms with Gasteiger partial charge in [-0.3, -0.25) is 14.8 Å². The van der Waals surface area contributed by atoms with E-state index in [-0.39, 0.29) is 43.1 Å². The Morgan fingerprint density at radius 1 is 1.20 bits per heavy atom. The number of carboxylic acids is 1. The number of benzene rings is 1. The number of nitrogens with one attached hydrogen (secondary N) is 2. The van der Waals surface area contributed by atoms with Gasteiger partial charge in [0.1, 0.15) is 23.3 Å². The molecule has 3 heterocycles. The lowest BCUT2D eigenvalue weighted by atomic mass is 9.71. The molecule has 0 saturated carbocycles. The Labute approximate surface area is 201 Å². The van der Waals surface area contributed by atoms with Gasteiger partial charge in [-0.1, -0.05) is 13.0 Å². The molecule has 1 unspecified atom stereocenters. The number of carbonyl (C=O) groups is 1. The first-order valence-corrected chi connectivity index (χ1v) is 11.6. The molecule has 35 heavy (non-hydrogen) atoms. The fourth-order valence-electron chi connectivity index (χ4n) is 4.76. The van der Waals surface area contributed by atoms with E-state index in [0.717, 1.165) is 5.69 Å². The number of hydrogen-bond donors (Lipinski definition) is 3. The Bertz CT molecular complexity index is 1200. The predicted octanol–water partition coefficient (Wildman–Crippen LogP) is 4.96. The first-order valence-electron chi connectivity index (χ1n) is 11.6. The van der Waals surface area contributed by atoms with Crippen molar-refractivity contribution >= 4 is 17.6 Å². The molecule has 0 radical (unpaired) electrons. The number of aryl methyl sites for hydroxylation is 1. The fraction of sp³-hybridized carbons (Fsp3) is 0.400. The molecule has 10 heteroatoms. The average Bonchev–Trinajstić information content (AvgIpc) is 3.23. The van der Waals surface area contributed by atoms with E-state index >= 15 is 0 Å². The van der Waals surface area contributed by atoms with Gasteiger partial charge in [0.25, 0.3) is 0 Å². The van der Waals surface area contributed by atoms with Crippen LogP contribution in [0.1, 0.15) is 43.1 Å². The lowest BCUT2D eigenvalue weighted by molar-refractivity contribution is -0.154. The number of halogens is 3. The summed E-state index contributed by atoms with van der Waals surface area (Å²) in [4.78, 5) is 18.7. The van der Waals surface area contributed by atoms with Crippen molar-refractivity contribution in [2.24, 2.45) is 5.41 Å². The molecule has 2 atom stereocenters. The number of aromatic amines is 1. The second-order valence-corrected chi connectivity index (χ2v) is 9.14. The average molecular weight is 488 g/mol. The number of piperidine rings is 1. The van der Waals surface area contributed by atoms with Gasteiger partial charge in [-0.2, -0.15) is 5.10 Å². The second kappa shape index (κ2) is 10.1. The van der Waals surface area contributed by atoms with Gasteiger partial charge in [0.15, 0.2) is 5.82 Å². The number of aromatic nitrogens is 3. The van der Waals surface area contributed by atoms with Crippen LogP contribution in [0.25, 0.3) is 0 Å². The Hall–Kier alpha value is -3.40. The molecule has 3 N–H and O–H groups in total. The molecular formula is C25H28F3N5O2. The first-order chi connectivity index (χ1) is 16.7. The van der Waals surface area contributed by atoms with E-state index in [1.807, 2.05) is 18.7 Å². The van der Waals surface area contributed by atoms with Crippen LogP contribution in [0.5, 0.6) is 0 Å². The summed E-state index contributed by atoms with van der Waals surface area (Å²) in [6.45, 7) is 4.10. The summed E-state index contributed by atoms with van der Waals surface area (Å²) in [6, 6.07) is 7.99. The number of aliphatic carboxylic acids is 1. The van der Waals surface area contributed by atoms with Gasteiger partial charge in [0.05, 0.1) is 11.1 Å². The molecule has 1 saturated heterocycles. The molecule has 2 aromatic heterocycles. The Morgan fingerprint density at radius 2 is 1.94 bits per heavy atom. The number of likely N-dealkylation sites (tertiary alicyclic amines) is 1. The van der Waals surface area contributed by atoms with Gasteiger partial charge in [-0.05, 0) is 57.0 Å². The summed E-state index contributed by atoms with van der Waals surface area (Å²) in [5.74, 6) is -2.00. The van der Waals surface area contributed by atoms with Gasteiger partial charge in [-0.25, -0.2) is 18.2 Å². The normalized spacial score (nSPS) is 20.7. The minimum Gasteiger partial charge on any atom is -0.481 e. The van der Waals surface area contributed by atoms with Gasteiger partial charge in [-0.15, -0.1) is 0 Å². The van der Waals surface area contributed by atoms with Gasteiger partial charge >= 0.3 is 5.97 Å². The quantitative estimate of drug-likeness (QED) is 0.416. The molecule has 186 valence electrons. The zero-order valence-electron chi connectivity index (χ0n) is 19.6. The van der Waals surface area contributed by atoms with Crippen LogP contribution in [0.4, 0.5) is 24.8 Å². The smallest absolute Gasteiger partial charge is 0.310 e. The van der Waals surface area contributed by atoms with Crippen LogP contribution in [-0.4, -0.2) is 43.7 Å². The van der Waals surface area contributed by atoms with Crippen molar-refractivity contribution in [1.29, 1.82) is 0 Å². The van der Waals surface area contributed by atoms with Crippen LogP contribution in [0.15, 0.2) is 36.4 Å². The van der Waals surface area contributed by atoms with Crippen LogP contribution >= 0.6 is 0 Å². The summed E-state index contributed by atoms with van der Waals surface area (Å²) in [5, 5.41) is 20.1. The number of pyridine rings is 1. The van der Waals surface area contributed by atoms with E-state index in [1.165, 1.54) is 30.3 Å². The minimum atomic E-state index is -1.25. The predicted molar refractivity (Wildman–Crippen MR) is 125 cm³/mol. The molecule has 1 aromatic carbocycles. The van der Waals surface area contributed by atoms with E-state index in [0.29, 0.717) is 24.6 Å². The Morgan fingerprint density at radius 3 is 2.57 bits per heavy atom. The van der Waals surface area contributed by atoms with Gasteiger partial charge < -0.3 is 10.4 Å². The minimum absolute atomic E-state index is 0.0335. The highest BCUT2D eigenvalue weighted by Gasteiger charge is 2.46. The van der Waals surface area contributed by atoms with E-state index in [1.54, 1.807) is 6.07 Å². The molecule has 1 aliphatic rings. The molecule has 0 spiro atoms. The maximum absolute atomic E-state index is 14.7. The van der Waals surface area contributed by atoms with E-state index in [2.05, 4.69) is 20.5 Å². The molecule has 3 aromatic rings. The SMILES string of the molecule is CC[C@@H]1CC(Cc2nc(Nc3cc(C)[nH]n3)ccc2F)(C(=O)O)CCN1Cc1c(F)cccc1F. The van der Waals surface area contributed by atoms with Crippen molar-refractivity contribution in [3.63, 3.8) is 0 Å². The molecule has 7 nitrogen and oxygen atoms in total. The molecule has 1 aliphatic heterocycles. The highest BCUT2D eigenvalue weighted by atomic mass is 19.1. The monoisotopic (exact) mass is 487 g/mol. The topological polar surface area (TPSA) is 94.1 Å². The number of rotatable bonds is 8. The third kappa shape index (κ3) is 5.32. The third-order valence-corrected chi connectivity index (χ3v) is 6.75. The van der Waals surface area contributed by atoms with Crippen LogP contribution in [0.2, 0.25) is 0 Å². The van der Waals surface area contributed by atoms with Crippen molar-refractivity contribution in [3.05, 3.63) is 70.8 Å². The highest BCUT2D eigenvalue weighted by Crippen LogP contribution is 2.40. The van der Waals surface area contributed by atoms with Crippen molar-refractivity contribution in [1.82, 2.24) is 20.1 Å². The highest BCUT2D eigenvalue weighted by molar-refractivity contribution is 5.75. The van der Waals surface area contributed by atoms with E-state index in [9.17, 15) is 23.1 Å². The summed E-state index contributed by atoms with van der Waals surface area (Å²) in [7, 11) is 0. The van der Waals surface area contributed by atoms with Crippen LogP contribution in [0, 0.1) is 29.8 Å². The molecule has 4 rings (SSSR count). The van der Waals surface area contributed by atoms with Crippen LogP contribution in [-0.2, 0) is 17.8 Å². The first kappa shape index (κ1) is 24.7. The van der Waals surface area contributed by atoms with Crippen LogP contribution in [0.3, 0.4) is 0 Å². The molecule has 0 aliphatic carbocycles. The standard InChI is InChI=1S/C25H28F3N5O2/c1-3-16-12-25(24(34)35,9-10-33(16)14-17-18(26)5-4-6-19(17)27)13-21-20(28)7-8-22(29-21)30-23-11-15(2)31-32-23/h4-8,11,16H,3,9-10,12-14H2,1-2H3,(H,34,35)(H2,29,30,31,32)/t16-,25?/m1/s1. The summed E-state index contributed by atoms with van der Waals surface area (Å²) >= 11 is 0. The molecule has 0 bridgehead atoms. The molecule has 0 amide bonds. The zero-order chi connectivity index (χ0) is 25.2. The number of carboxylic acid groups (broad SMARTS) is 1. The van der Waals surface area contributed by atoms with Crippen molar-refractivity contribution in [3.8, 4) is 0 Å². The van der Waals surface area contributed by atoms with Crippen LogP contribution < -0.4 is 5.32 Å². The Kier molecular flexibility index (Phi) is 7.11.